The molecule has 1 heteroatoms. The van der Waals surface area contributed by atoms with Crippen LogP contribution in [0.25, 0.3) is 0 Å². The van der Waals surface area contributed by atoms with E-state index in [9.17, 15) is 0 Å². The normalized spacial score (nSPS) is 28.4. The summed E-state index contributed by atoms with van der Waals surface area (Å²) in [6, 6.07) is 0. The summed E-state index contributed by atoms with van der Waals surface area (Å²) in [7, 11) is 0. The number of hydrogen-bond acceptors (Lipinski definition) is 1. The Balaban J connectivity index is 1.93. The molecule has 1 saturated carbocycles. The molecule has 0 aromatic rings. The quantitative estimate of drug-likeness (QED) is 0.582. The molecule has 1 spiro atoms. The molecule has 2 fully saturated rings. The van der Waals surface area contributed by atoms with Gasteiger partial charge in [-0.2, -0.15) is 0 Å². The minimum Gasteiger partial charge on any atom is -0.487 e. The van der Waals surface area contributed by atoms with E-state index in [-0.39, 0.29) is 5.60 Å². The van der Waals surface area contributed by atoms with Gasteiger partial charge in [-0.3, -0.25) is 0 Å². The second kappa shape index (κ2) is 3.65. The molecule has 0 amide bonds. The third-order valence-corrected chi connectivity index (χ3v) is 4.72. The predicted octanol–water partition coefficient (Wildman–Crippen LogP) is 4.49. The maximum Gasteiger partial charge on any atom is 0.122 e. The van der Waals surface area contributed by atoms with Crippen LogP contribution in [0.2, 0.25) is 0 Å². The van der Waals surface area contributed by atoms with Crippen molar-refractivity contribution in [1.29, 1.82) is 0 Å². The molecule has 0 atom stereocenters. The van der Waals surface area contributed by atoms with Crippen LogP contribution in [0, 0.1) is 0 Å². The Kier molecular flexibility index (Phi) is 2.38. The smallest absolute Gasteiger partial charge is 0.122 e. The second-order valence-electron chi connectivity index (χ2n) is 5.86. The van der Waals surface area contributed by atoms with Gasteiger partial charge in [-0.05, 0) is 76.4 Å². The van der Waals surface area contributed by atoms with E-state index in [0.29, 0.717) is 0 Å². The summed E-state index contributed by atoms with van der Waals surface area (Å²) >= 11 is 0. The van der Waals surface area contributed by atoms with Gasteiger partial charge in [0.15, 0.2) is 0 Å². The van der Waals surface area contributed by atoms with Crippen molar-refractivity contribution in [3.8, 4) is 0 Å². The molecule has 1 heterocycles. The van der Waals surface area contributed by atoms with Crippen molar-refractivity contribution in [2.24, 2.45) is 0 Å². The zero-order chi connectivity index (χ0) is 11.2. The van der Waals surface area contributed by atoms with Gasteiger partial charge < -0.3 is 4.74 Å². The Hall–Kier alpha value is -0.720. The van der Waals surface area contributed by atoms with Gasteiger partial charge in [0.05, 0.1) is 0 Å². The number of rotatable bonds is 0. The average Bonchev–Trinajstić information content (AvgIpc) is 2.72. The molecule has 1 aliphatic heterocycles. The van der Waals surface area contributed by atoms with Crippen LogP contribution in [-0.4, -0.2) is 5.60 Å². The zero-order valence-corrected chi connectivity index (χ0v) is 10.6. The van der Waals surface area contributed by atoms with Gasteiger partial charge in [0.25, 0.3) is 0 Å². The average molecular weight is 218 g/mol. The molecule has 0 aromatic heterocycles. The van der Waals surface area contributed by atoms with Gasteiger partial charge >= 0.3 is 0 Å². The molecule has 0 aromatic carbocycles. The lowest BCUT2D eigenvalue weighted by Crippen LogP contribution is -2.34. The molecule has 0 radical (unpaired) electrons. The third-order valence-electron chi connectivity index (χ3n) is 4.72. The van der Waals surface area contributed by atoms with Crippen molar-refractivity contribution < 1.29 is 4.74 Å². The fourth-order valence-corrected chi connectivity index (χ4v) is 3.56. The molecule has 2 aliphatic carbocycles. The molecule has 16 heavy (non-hydrogen) atoms. The lowest BCUT2D eigenvalue weighted by molar-refractivity contribution is -0.0141. The molecule has 0 N–H and O–H groups in total. The van der Waals surface area contributed by atoms with Crippen molar-refractivity contribution in [3.05, 3.63) is 22.5 Å². The van der Waals surface area contributed by atoms with Crippen molar-refractivity contribution in [2.75, 3.05) is 0 Å². The lowest BCUT2D eigenvalue weighted by Gasteiger charge is -2.40. The summed E-state index contributed by atoms with van der Waals surface area (Å²) in [4.78, 5) is 0. The largest absolute Gasteiger partial charge is 0.487 e. The second-order valence-corrected chi connectivity index (χ2v) is 5.86. The van der Waals surface area contributed by atoms with E-state index in [1.807, 2.05) is 0 Å². The maximum absolute atomic E-state index is 6.44. The van der Waals surface area contributed by atoms with E-state index in [1.165, 1.54) is 62.7 Å². The Labute approximate surface area is 98.6 Å². The molecule has 88 valence electrons. The standard InChI is InChI=1S/C15H22O/c1-11-5-6-12(2)14-13(11)7-10-15(16-14)8-3-4-9-15/h3-10H2,1-2H3. The van der Waals surface area contributed by atoms with Crippen molar-refractivity contribution >= 4 is 0 Å². The van der Waals surface area contributed by atoms with E-state index < -0.39 is 0 Å². The van der Waals surface area contributed by atoms with Crippen molar-refractivity contribution in [3.63, 3.8) is 0 Å². The summed E-state index contributed by atoms with van der Waals surface area (Å²) in [5.74, 6) is 1.29. The summed E-state index contributed by atoms with van der Waals surface area (Å²) in [5.41, 5.74) is 4.85. The molecule has 1 nitrogen and oxygen atoms in total. The fourth-order valence-electron chi connectivity index (χ4n) is 3.56. The summed E-state index contributed by atoms with van der Waals surface area (Å²) < 4.78 is 6.44. The van der Waals surface area contributed by atoms with E-state index in [0.717, 1.165) is 0 Å². The Morgan fingerprint density at radius 2 is 1.56 bits per heavy atom. The molecule has 1 saturated heterocycles. The maximum atomic E-state index is 6.44. The first-order chi connectivity index (χ1) is 7.70. The highest BCUT2D eigenvalue weighted by molar-refractivity contribution is 5.39. The van der Waals surface area contributed by atoms with Crippen LogP contribution in [0.4, 0.5) is 0 Å². The molecular formula is C15H22O. The summed E-state index contributed by atoms with van der Waals surface area (Å²) in [6.45, 7) is 4.55. The topological polar surface area (TPSA) is 9.23 Å². The number of hydrogen-bond donors (Lipinski definition) is 0. The minimum absolute atomic E-state index is 0.234. The fraction of sp³-hybridized carbons (Fsp3) is 0.733. The lowest BCUT2D eigenvalue weighted by atomic mass is 9.82. The summed E-state index contributed by atoms with van der Waals surface area (Å²) in [5, 5.41) is 0. The molecule has 3 rings (SSSR count). The SMILES string of the molecule is CC1=C2CCC3(CCCC3)OC2=C(C)CC1. The van der Waals surface area contributed by atoms with Gasteiger partial charge in [0, 0.05) is 0 Å². The van der Waals surface area contributed by atoms with E-state index >= 15 is 0 Å². The van der Waals surface area contributed by atoms with Gasteiger partial charge in [-0.25, -0.2) is 0 Å². The monoisotopic (exact) mass is 218 g/mol. The Bertz CT molecular complexity index is 367. The van der Waals surface area contributed by atoms with Crippen LogP contribution in [0.1, 0.15) is 65.2 Å². The summed E-state index contributed by atoms with van der Waals surface area (Å²) in [6.07, 6.45) is 10.3. The van der Waals surface area contributed by atoms with E-state index in [1.54, 1.807) is 11.1 Å². The molecule has 0 bridgehead atoms. The van der Waals surface area contributed by atoms with Crippen LogP contribution in [0.5, 0.6) is 0 Å². The molecule has 0 unspecified atom stereocenters. The van der Waals surface area contributed by atoms with Gasteiger partial charge in [-0.1, -0.05) is 5.57 Å². The van der Waals surface area contributed by atoms with Gasteiger partial charge in [0.1, 0.15) is 11.4 Å². The van der Waals surface area contributed by atoms with Gasteiger partial charge in [0.2, 0.25) is 0 Å². The zero-order valence-electron chi connectivity index (χ0n) is 10.6. The number of allylic oxidation sites excluding steroid dienone is 3. The first-order valence-corrected chi connectivity index (χ1v) is 6.78. The number of fused-ring (bicyclic) bond motifs is 1. The Morgan fingerprint density at radius 3 is 2.31 bits per heavy atom. The highest BCUT2D eigenvalue weighted by atomic mass is 16.5. The number of ether oxygens (including phenoxy) is 1. The first kappa shape index (κ1) is 10.4. The predicted molar refractivity (Wildman–Crippen MR) is 66.2 cm³/mol. The highest BCUT2D eigenvalue weighted by Crippen LogP contribution is 2.48. The van der Waals surface area contributed by atoms with E-state index in [2.05, 4.69) is 13.8 Å². The third kappa shape index (κ3) is 1.52. The molecular weight excluding hydrogens is 196 g/mol. The van der Waals surface area contributed by atoms with Crippen molar-refractivity contribution in [1.82, 2.24) is 0 Å². The molecule has 3 aliphatic rings. The van der Waals surface area contributed by atoms with Crippen molar-refractivity contribution in [2.45, 2.75) is 70.8 Å². The van der Waals surface area contributed by atoms with Crippen LogP contribution in [-0.2, 0) is 4.74 Å². The highest BCUT2D eigenvalue weighted by Gasteiger charge is 2.41. The van der Waals surface area contributed by atoms with Crippen LogP contribution >= 0.6 is 0 Å². The van der Waals surface area contributed by atoms with E-state index in [4.69, 9.17) is 4.74 Å². The minimum atomic E-state index is 0.234. The Morgan fingerprint density at radius 1 is 0.875 bits per heavy atom. The van der Waals surface area contributed by atoms with Gasteiger partial charge in [-0.15, -0.1) is 0 Å². The van der Waals surface area contributed by atoms with Crippen LogP contribution in [0.3, 0.4) is 0 Å². The van der Waals surface area contributed by atoms with Crippen LogP contribution in [0.15, 0.2) is 22.5 Å². The first-order valence-electron chi connectivity index (χ1n) is 6.78. The van der Waals surface area contributed by atoms with Crippen LogP contribution < -0.4 is 0 Å².